The van der Waals surface area contributed by atoms with Gasteiger partial charge in [0.15, 0.2) is 0 Å². The zero-order valence-corrected chi connectivity index (χ0v) is 14.6. The highest BCUT2D eigenvalue weighted by molar-refractivity contribution is 5.90. The van der Waals surface area contributed by atoms with Gasteiger partial charge in [-0.15, -0.1) is 0 Å². The van der Waals surface area contributed by atoms with E-state index in [9.17, 15) is 9.59 Å². The molecule has 5 heteroatoms. The molecular formula is C22H20N2O3. The molecule has 1 atom stereocenters. The van der Waals surface area contributed by atoms with E-state index in [1.54, 1.807) is 12.1 Å². The van der Waals surface area contributed by atoms with Crippen LogP contribution in [0.1, 0.15) is 18.0 Å². The van der Waals surface area contributed by atoms with E-state index in [0.29, 0.717) is 5.69 Å². The zero-order valence-electron chi connectivity index (χ0n) is 14.6. The molecule has 5 nitrogen and oxygen atoms in total. The molecular weight excluding hydrogens is 340 g/mol. The zero-order chi connectivity index (χ0) is 19.1. The molecule has 0 bridgehead atoms. The van der Waals surface area contributed by atoms with Gasteiger partial charge in [0, 0.05) is 5.69 Å². The Morgan fingerprint density at radius 3 is 1.93 bits per heavy atom. The molecule has 0 saturated carbocycles. The highest BCUT2D eigenvalue weighted by Crippen LogP contribution is 2.21. The Hall–Kier alpha value is -3.60. The van der Waals surface area contributed by atoms with Crippen LogP contribution in [0.2, 0.25) is 0 Å². The molecule has 0 saturated heterocycles. The molecule has 0 heterocycles. The number of urea groups is 1. The molecule has 3 N–H and O–H groups in total. The van der Waals surface area contributed by atoms with E-state index in [4.69, 9.17) is 5.11 Å². The van der Waals surface area contributed by atoms with Crippen molar-refractivity contribution in [2.75, 3.05) is 5.32 Å². The van der Waals surface area contributed by atoms with Crippen LogP contribution in [0.15, 0.2) is 84.9 Å². The highest BCUT2D eigenvalue weighted by atomic mass is 16.4. The molecule has 3 aromatic rings. The molecule has 2 amide bonds. The molecule has 3 aromatic carbocycles. The Morgan fingerprint density at radius 1 is 0.778 bits per heavy atom. The number of anilines is 1. The van der Waals surface area contributed by atoms with E-state index in [-0.39, 0.29) is 6.42 Å². The quantitative estimate of drug-likeness (QED) is 0.597. The number of carboxylic acid groups (broad SMARTS) is 1. The number of hydrogen-bond acceptors (Lipinski definition) is 2. The lowest BCUT2D eigenvalue weighted by molar-refractivity contribution is -0.137. The third-order valence-corrected chi connectivity index (χ3v) is 4.14. The molecule has 0 radical (unpaired) electrons. The van der Waals surface area contributed by atoms with Crippen LogP contribution in [-0.4, -0.2) is 17.1 Å². The van der Waals surface area contributed by atoms with Crippen LogP contribution in [0.5, 0.6) is 0 Å². The van der Waals surface area contributed by atoms with Crippen LogP contribution < -0.4 is 10.6 Å². The maximum Gasteiger partial charge on any atom is 0.319 e. The summed E-state index contributed by atoms with van der Waals surface area (Å²) < 4.78 is 0. The van der Waals surface area contributed by atoms with Gasteiger partial charge in [-0.2, -0.15) is 0 Å². The van der Waals surface area contributed by atoms with E-state index >= 15 is 0 Å². The summed E-state index contributed by atoms with van der Waals surface area (Å²) >= 11 is 0. The molecule has 0 spiro atoms. The molecule has 0 fully saturated rings. The first kappa shape index (κ1) is 18.2. The van der Waals surface area contributed by atoms with Crippen LogP contribution >= 0.6 is 0 Å². The number of rotatable bonds is 6. The number of aliphatic carboxylic acids is 1. The third kappa shape index (κ3) is 5.19. The lowest BCUT2D eigenvalue weighted by Gasteiger charge is -2.18. The van der Waals surface area contributed by atoms with Crippen molar-refractivity contribution in [3.8, 4) is 11.1 Å². The summed E-state index contributed by atoms with van der Waals surface area (Å²) in [4.78, 5) is 23.4. The molecule has 1 unspecified atom stereocenters. The van der Waals surface area contributed by atoms with Crippen molar-refractivity contribution >= 4 is 17.7 Å². The lowest BCUT2D eigenvalue weighted by atomic mass is 10.0. The molecule has 27 heavy (non-hydrogen) atoms. The second-order valence-electron chi connectivity index (χ2n) is 6.10. The summed E-state index contributed by atoms with van der Waals surface area (Å²) in [5, 5.41) is 14.6. The summed E-state index contributed by atoms with van der Waals surface area (Å²) in [5.74, 6) is -0.976. The van der Waals surface area contributed by atoms with Gasteiger partial charge in [-0.3, -0.25) is 4.79 Å². The first-order valence-electron chi connectivity index (χ1n) is 8.61. The predicted octanol–water partition coefficient (Wildman–Crippen LogP) is 4.69. The fourth-order valence-corrected chi connectivity index (χ4v) is 2.81. The van der Waals surface area contributed by atoms with Crippen molar-refractivity contribution < 1.29 is 14.7 Å². The Labute approximate surface area is 157 Å². The molecule has 136 valence electrons. The van der Waals surface area contributed by atoms with Crippen LogP contribution in [0, 0.1) is 0 Å². The van der Waals surface area contributed by atoms with Crippen LogP contribution in [-0.2, 0) is 4.79 Å². The van der Waals surface area contributed by atoms with Crippen molar-refractivity contribution in [1.29, 1.82) is 0 Å². The van der Waals surface area contributed by atoms with E-state index in [1.165, 1.54) is 0 Å². The average molecular weight is 360 g/mol. The number of benzene rings is 3. The number of carbonyl (C=O) groups excluding carboxylic acids is 1. The number of amides is 2. The van der Waals surface area contributed by atoms with Gasteiger partial charge in [-0.05, 0) is 28.8 Å². The topological polar surface area (TPSA) is 78.4 Å². The monoisotopic (exact) mass is 360 g/mol. The SMILES string of the molecule is O=C(O)CC(NC(=O)Nc1ccc(-c2ccccc2)cc1)c1ccccc1. The number of hydrogen-bond donors (Lipinski definition) is 3. The second kappa shape index (κ2) is 8.67. The van der Waals surface area contributed by atoms with Gasteiger partial charge in [0.1, 0.15) is 0 Å². The van der Waals surface area contributed by atoms with Gasteiger partial charge < -0.3 is 15.7 Å². The van der Waals surface area contributed by atoms with Gasteiger partial charge >= 0.3 is 12.0 Å². The average Bonchev–Trinajstić information content (AvgIpc) is 2.69. The maximum atomic E-state index is 12.3. The van der Waals surface area contributed by atoms with Gasteiger partial charge in [0.25, 0.3) is 0 Å². The van der Waals surface area contributed by atoms with E-state index in [0.717, 1.165) is 16.7 Å². The van der Waals surface area contributed by atoms with Crippen LogP contribution in [0.3, 0.4) is 0 Å². The Morgan fingerprint density at radius 2 is 1.33 bits per heavy atom. The normalized spacial score (nSPS) is 11.4. The Kier molecular flexibility index (Phi) is 5.84. The van der Waals surface area contributed by atoms with E-state index in [1.807, 2.05) is 72.8 Å². The summed E-state index contributed by atoms with van der Waals surface area (Å²) in [6.45, 7) is 0. The Balaban J connectivity index is 1.66. The first-order valence-corrected chi connectivity index (χ1v) is 8.61. The summed E-state index contributed by atoms with van der Waals surface area (Å²) in [7, 11) is 0. The molecule has 0 aromatic heterocycles. The van der Waals surface area contributed by atoms with Crippen molar-refractivity contribution in [3.05, 3.63) is 90.5 Å². The smallest absolute Gasteiger partial charge is 0.319 e. The minimum atomic E-state index is -0.976. The fraction of sp³-hybridized carbons (Fsp3) is 0.0909. The second-order valence-corrected chi connectivity index (χ2v) is 6.10. The van der Waals surface area contributed by atoms with Crippen molar-refractivity contribution in [1.82, 2.24) is 5.32 Å². The summed E-state index contributed by atoms with van der Waals surface area (Å²) in [6.07, 6.45) is -0.190. The first-order chi connectivity index (χ1) is 13.1. The number of carbonyl (C=O) groups is 2. The minimum Gasteiger partial charge on any atom is -0.481 e. The standard InChI is InChI=1S/C22H20N2O3/c25-21(26)15-20(18-9-5-2-6-10-18)24-22(27)23-19-13-11-17(12-14-19)16-7-3-1-4-8-16/h1-14,20H,15H2,(H,25,26)(H2,23,24,27). The van der Waals surface area contributed by atoms with E-state index < -0.39 is 18.0 Å². The number of nitrogens with one attached hydrogen (secondary N) is 2. The van der Waals surface area contributed by atoms with Crippen molar-refractivity contribution in [2.45, 2.75) is 12.5 Å². The third-order valence-electron chi connectivity index (χ3n) is 4.14. The molecule has 3 rings (SSSR count). The lowest BCUT2D eigenvalue weighted by Crippen LogP contribution is -2.33. The largest absolute Gasteiger partial charge is 0.481 e. The molecule has 0 aliphatic carbocycles. The summed E-state index contributed by atoms with van der Waals surface area (Å²) in [5.41, 5.74) is 3.53. The Bertz CT molecular complexity index is 894. The molecule has 0 aliphatic rings. The predicted molar refractivity (Wildman–Crippen MR) is 105 cm³/mol. The molecule has 0 aliphatic heterocycles. The van der Waals surface area contributed by atoms with Gasteiger partial charge in [0.05, 0.1) is 12.5 Å². The highest BCUT2D eigenvalue weighted by Gasteiger charge is 2.17. The van der Waals surface area contributed by atoms with Gasteiger partial charge in [0.2, 0.25) is 0 Å². The van der Waals surface area contributed by atoms with Crippen LogP contribution in [0.25, 0.3) is 11.1 Å². The van der Waals surface area contributed by atoms with Crippen molar-refractivity contribution in [2.24, 2.45) is 0 Å². The van der Waals surface area contributed by atoms with Gasteiger partial charge in [-0.25, -0.2) is 4.79 Å². The number of carboxylic acids is 1. The van der Waals surface area contributed by atoms with E-state index in [2.05, 4.69) is 10.6 Å². The van der Waals surface area contributed by atoms with Gasteiger partial charge in [-0.1, -0.05) is 72.8 Å². The minimum absolute atomic E-state index is 0.190. The fourth-order valence-electron chi connectivity index (χ4n) is 2.81. The van der Waals surface area contributed by atoms with Crippen molar-refractivity contribution in [3.63, 3.8) is 0 Å². The summed E-state index contributed by atoms with van der Waals surface area (Å²) in [6, 6.07) is 25.4. The van der Waals surface area contributed by atoms with Crippen LogP contribution in [0.4, 0.5) is 10.5 Å². The maximum absolute atomic E-state index is 12.3.